The van der Waals surface area contributed by atoms with E-state index in [2.05, 4.69) is 21.0 Å². The highest BCUT2D eigenvalue weighted by Gasteiger charge is 2.28. The number of benzene rings is 2. The lowest BCUT2D eigenvalue weighted by Gasteiger charge is -2.11. The number of hydrogen-bond acceptors (Lipinski definition) is 3. The van der Waals surface area contributed by atoms with Gasteiger partial charge in [-0.3, -0.25) is 4.79 Å². The van der Waals surface area contributed by atoms with Gasteiger partial charge in [-0.1, -0.05) is 34.1 Å². The van der Waals surface area contributed by atoms with Gasteiger partial charge in [0, 0.05) is 4.47 Å². The lowest BCUT2D eigenvalue weighted by Crippen LogP contribution is -2.21. The molecular weight excluding hydrogens is 368 g/mol. The highest BCUT2D eigenvalue weighted by atomic mass is 79.9. The third kappa shape index (κ3) is 3.26. The molecule has 0 unspecified atom stereocenters. The van der Waals surface area contributed by atoms with Gasteiger partial charge < -0.3 is 4.74 Å². The Balaban J connectivity index is 1.96. The van der Waals surface area contributed by atoms with Crippen molar-refractivity contribution in [2.75, 3.05) is 11.6 Å². The minimum absolute atomic E-state index is 0.132. The summed E-state index contributed by atoms with van der Waals surface area (Å²) in [5, 5.41) is 5.82. The number of hydrazone groups is 1. The smallest absolute Gasteiger partial charge is 0.280 e. The van der Waals surface area contributed by atoms with Crippen molar-refractivity contribution < 1.29 is 9.53 Å². The lowest BCUT2D eigenvalue weighted by atomic mass is 10.1. The topological polar surface area (TPSA) is 41.9 Å². The number of amides is 1. The third-order valence-electron chi connectivity index (χ3n) is 3.64. The Morgan fingerprint density at radius 3 is 2.67 bits per heavy atom. The Labute approximate surface area is 149 Å². The molecular formula is C19H17BrN2O2. The maximum atomic E-state index is 12.7. The monoisotopic (exact) mass is 384 g/mol. The predicted octanol–water partition coefficient (Wildman–Crippen LogP) is 4.65. The van der Waals surface area contributed by atoms with Crippen LogP contribution < -0.4 is 9.75 Å². The van der Waals surface area contributed by atoms with Gasteiger partial charge in [0.15, 0.2) is 0 Å². The fourth-order valence-electron chi connectivity index (χ4n) is 2.47. The second-order valence-electron chi connectivity index (χ2n) is 5.31. The summed E-state index contributed by atoms with van der Waals surface area (Å²) in [4.78, 5) is 12.7. The number of anilines is 1. The van der Waals surface area contributed by atoms with Crippen LogP contribution in [0.25, 0.3) is 6.08 Å². The van der Waals surface area contributed by atoms with E-state index in [0.717, 1.165) is 21.5 Å². The second kappa shape index (κ2) is 7.01. The second-order valence-corrected chi connectivity index (χ2v) is 6.17. The van der Waals surface area contributed by atoms with Crippen molar-refractivity contribution in [2.45, 2.75) is 13.8 Å². The van der Waals surface area contributed by atoms with E-state index >= 15 is 0 Å². The first-order valence-electron chi connectivity index (χ1n) is 7.69. The number of nitrogens with zero attached hydrogens (tertiary/aromatic N) is 2. The maximum absolute atomic E-state index is 12.7. The van der Waals surface area contributed by atoms with Crippen molar-refractivity contribution in [2.24, 2.45) is 5.10 Å². The van der Waals surface area contributed by atoms with Crippen molar-refractivity contribution in [1.82, 2.24) is 0 Å². The number of ether oxygens (including phenoxy) is 1. The molecule has 24 heavy (non-hydrogen) atoms. The molecule has 0 aromatic heterocycles. The summed E-state index contributed by atoms with van der Waals surface area (Å²) in [6.45, 7) is 4.38. The molecule has 3 rings (SSSR count). The number of halogens is 1. The lowest BCUT2D eigenvalue weighted by molar-refractivity contribution is -0.114. The van der Waals surface area contributed by atoms with Crippen LogP contribution in [0.1, 0.15) is 19.4 Å². The first-order chi connectivity index (χ1) is 11.6. The van der Waals surface area contributed by atoms with Crippen LogP contribution >= 0.6 is 15.9 Å². The summed E-state index contributed by atoms with van der Waals surface area (Å²) in [5.41, 5.74) is 2.91. The Morgan fingerprint density at radius 2 is 1.96 bits per heavy atom. The van der Waals surface area contributed by atoms with E-state index in [1.165, 1.54) is 5.01 Å². The van der Waals surface area contributed by atoms with Crippen molar-refractivity contribution in [3.05, 3.63) is 64.1 Å². The first kappa shape index (κ1) is 16.5. The minimum atomic E-state index is -0.132. The van der Waals surface area contributed by atoms with E-state index in [9.17, 15) is 4.79 Å². The highest BCUT2D eigenvalue weighted by molar-refractivity contribution is 9.10. The summed E-state index contributed by atoms with van der Waals surface area (Å²) >= 11 is 3.52. The van der Waals surface area contributed by atoms with Crippen molar-refractivity contribution >= 4 is 39.3 Å². The van der Waals surface area contributed by atoms with Gasteiger partial charge in [-0.2, -0.15) is 10.1 Å². The third-order valence-corrected chi connectivity index (χ3v) is 4.36. The average molecular weight is 385 g/mol. The molecule has 2 aromatic carbocycles. The van der Waals surface area contributed by atoms with Crippen LogP contribution in [-0.4, -0.2) is 18.2 Å². The zero-order valence-electron chi connectivity index (χ0n) is 13.5. The summed E-state index contributed by atoms with van der Waals surface area (Å²) in [5.74, 6) is 0.639. The Hall–Kier alpha value is -2.40. The molecule has 1 heterocycles. The normalized spacial score (nSPS) is 15.8. The van der Waals surface area contributed by atoms with Crippen LogP contribution in [0.2, 0.25) is 0 Å². The Bertz CT molecular complexity index is 829. The first-order valence-corrected chi connectivity index (χ1v) is 8.48. The Kier molecular flexibility index (Phi) is 4.81. The molecule has 0 N–H and O–H groups in total. The molecule has 0 aliphatic carbocycles. The summed E-state index contributed by atoms with van der Waals surface area (Å²) in [7, 11) is 0. The molecule has 5 heteroatoms. The molecule has 0 saturated carbocycles. The van der Waals surface area contributed by atoms with Crippen LogP contribution in [0, 0.1) is 0 Å². The van der Waals surface area contributed by atoms with Crippen LogP contribution in [0.4, 0.5) is 5.69 Å². The molecule has 0 saturated heterocycles. The van der Waals surface area contributed by atoms with E-state index in [1.807, 2.05) is 68.5 Å². The fourth-order valence-corrected chi connectivity index (χ4v) is 2.83. The predicted molar refractivity (Wildman–Crippen MR) is 100 cm³/mol. The fraction of sp³-hybridized carbons (Fsp3) is 0.158. The summed E-state index contributed by atoms with van der Waals surface area (Å²) in [6.07, 6.45) is 1.84. The standard InChI is InChI=1S/C19H17BrN2O2/c1-3-24-16-9-10-18(20)14(11-16)12-17-13(2)21-22(19(17)23)15-7-5-4-6-8-15/h4-12H,3H2,1-2H3/b17-12-. The molecule has 0 radical (unpaired) electrons. The highest BCUT2D eigenvalue weighted by Crippen LogP contribution is 2.28. The minimum Gasteiger partial charge on any atom is -0.494 e. The molecule has 2 aromatic rings. The van der Waals surface area contributed by atoms with Gasteiger partial charge in [0.05, 0.1) is 23.6 Å². The zero-order chi connectivity index (χ0) is 17.1. The number of rotatable bonds is 4. The summed E-state index contributed by atoms with van der Waals surface area (Å²) in [6, 6.07) is 15.1. The van der Waals surface area contributed by atoms with E-state index < -0.39 is 0 Å². The van der Waals surface area contributed by atoms with E-state index in [0.29, 0.717) is 17.9 Å². The van der Waals surface area contributed by atoms with Gasteiger partial charge >= 0.3 is 0 Å². The van der Waals surface area contributed by atoms with Gasteiger partial charge in [0.25, 0.3) is 5.91 Å². The maximum Gasteiger partial charge on any atom is 0.280 e. The molecule has 122 valence electrons. The van der Waals surface area contributed by atoms with Crippen molar-refractivity contribution in [3.63, 3.8) is 0 Å². The molecule has 0 fully saturated rings. The Morgan fingerprint density at radius 1 is 1.21 bits per heavy atom. The average Bonchev–Trinajstić information content (AvgIpc) is 2.87. The van der Waals surface area contributed by atoms with Gasteiger partial charge in [0.1, 0.15) is 5.75 Å². The molecule has 1 aliphatic heterocycles. The number of hydrogen-bond donors (Lipinski definition) is 0. The molecule has 4 nitrogen and oxygen atoms in total. The molecule has 0 spiro atoms. The van der Waals surface area contributed by atoms with Gasteiger partial charge in [-0.15, -0.1) is 0 Å². The van der Waals surface area contributed by atoms with Gasteiger partial charge in [-0.05, 0) is 55.8 Å². The molecule has 1 aliphatic rings. The largest absolute Gasteiger partial charge is 0.494 e. The number of carbonyl (C=O) groups is 1. The van der Waals surface area contributed by atoms with Gasteiger partial charge in [0.2, 0.25) is 0 Å². The van der Waals surface area contributed by atoms with Crippen LogP contribution in [-0.2, 0) is 4.79 Å². The van der Waals surface area contributed by atoms with Crippen LogP contribution in [0.5, 0.6) is 5.75 Å². The van der Waals surface area contributed by atoms with E-state index in [1.54, 1.807) is 0 Å². The number of carbonyl (C=O) groups excluding carboxylic acids is 1. The molecule has 0 bridgehead atoms. The zero-order valence-corrected chi connectivity index (χ0v) is 15.1. The quantitative estimate of drug-likeness (QED) is 0.719. The molecule has 0 atom stereocenters. The van der Waals surface area contributed by atoms with Gasteiger partial charge in [-0.25, -0.2) is 0 Å². The summed E-state index contributed by atoms with van der Waals surface area (Å²) < 4.78 is 6.43. The van der Waals surface area contributed by atoms with E-state index in [4.69, 9.17) is 4.74 Å². The molecule has 1 amide bonds. The van der Waals surface area contributed by atoms with Crippen LogP contribution in [0.15, 0.2) is 63.7 Å². The van der Waals surface area contributed by atoms with E-state index in [-0.39, 0.29) is 5.91 Å². The SMILES string of the molecule is CCOc1ccc(Br)c(/C=C2\C(=O)N(c3ccccc3)N=C2C)c1. The number of para-hydroxylation sites is 1. The van der Waals surface area contributed by atoms with Crippen molar-refractivity contribution in [3.8, 4) is 5.75 Å². The van der Waals surface area contributed by atoms with Crippen LogP contribution in [0.3, 0.4) is 0 Å². The van der Waals surface area contributed by atoms with Crippen molar-refractivity contribution in [1.29, 1.82) is 0 Å².